The lowest BCUT2D eigenvalue weighted by atomic mass is 9.85. The van der Waals surface area contributed by atoms with E-state index in [1.807, 2.05) is 0 Å². The molecule has 0 unspecified atom stereocenters. The minimum Gasteiger partial charge on any atom is -0.299 e. The van der Waals surface area contributed by atoms with Gasteiger partial charge >= 0.3 is 0 Å². The Morgan fingerprint density at radius 1 is 1.47 bits per heavy atom. The van der Waals surface area contributed by atoms with Crippen molar-refractivity contribution in [3.63, 3.8) is 0 Å². The molecule has 0 radical (unpaired) electrons. The molecule has 0 spiro atoms. The van der Waals surface area contributed by atoms with Gasteiger partial charge in [0.15, 0.2) is 0 Å². The van der Waals surface area contributed by atoms with E-state index in [4.69, 9.17) is 0 Å². The number of carbonyl (C=O) groups is 1. The molecule has 4 heteroatoms. The fraction of sp³-hybridized carbons (Fsp3) is 0.727. The minimum absolute atomic E-state index is 0.278. The Hall–Kier alpha value is -1.19. The van der Waals surface area contributed by atoms with Gasteiger partial charge in [0.25, 0.3) is 0 Å². The zero-order valence-corrected chi connectivity index (χ0v) is 9.15. The average Bonchev–Trinajstić information content (AvgIpc) is 2.65. The molecule has 1 fully saturated rings. The van der Waals surface area contributed by atoms with Crippen LogP contribution in [0.1, 0.15) is 37.8 Å². The third-order valence-electron chi connectivity index (χ3n) is 3.06. The number of ketones is 1. The van der Waals surface area contributed by atoms with Crippen LogP contribution in [-0.4, -0.2) is 20.8 Å². The van der Waals surface area contributed by atoms with E-state index in [0.717, 1.165) is 18.5 Å². The zero-order chi connectivity index (χ0) is 10.7. The maximum absolute atomic E-state index is 11.9. The van der Waals surface area contributed by atoms with Gasteiger partial charge in [0.1, 0.15) is 5.78 Å². The molecular weight excluding hydrogens is 190 g/mol. The molecule has 0 aliphatic heterocycles. The minimum atomic E-state index is 0.278. The van der Waals surface area contributed by atoms with E-state index in [2.05, 4.69) is 10.2 Å². The summed E-state index contributed by atoms with van der Waals surface area (Å²) in [5.41, 5.74) is 0.799. The number of carbonyl (C=O) groups excluding carboxylic acids is 1. The quantitative estimate of drug-likeness (QED) is 0.754. The van der Waals surface area contributed by atoms with Crippen LogP contribution in [-0.2, 0) is 18.3 Å². The van der Waals surface area contributed by atoms with Crippen molar-refractivity contribution in [1.82, 2.24) is 15.0 Å². The lowest BCUT2D eigenvalue weighted by molar-refractivity contribution is -0.123. The number of Topliss-reactive ketones (excluding diaryl/α,β-unsaturated/α-hetero) is 1. The molecule has 1 aromatic rings. The van der Waals surface area contributed by atoms with Crippen LogP contribution in [0.4, 0.5) is 0 Å². The standard InChI is InChI=1S/C11H17N3O/c1-14-12-8-10(13-14)7-11(15)9-5-3-2-4-6-9/h8-9H,2-7H2,1H3. The molecule has 0 aromatic carbocycles. The van der Waals surface area contributed by atoms with E-state index in [-0.39, 0.29) is 5.92 Å². The Morgan fingerprint density at radius 3 is 2.80 bits per heavy atom. The summed E-state index contributed by atoms with van der Waals surface area (Å²) in [5, 5.41) is 8.10. The fourth-order valence-electron chi connectivity index (χ4n) is 2.22. The number of hydrogen-bond donors (Lipinski definition) is 0. The second-order valence-electron chi connectivity index (χ2n) is 4.30. The summed E-state index contributed by atoms with van der Waals surface area (Å²) >= 11 is 0. The average molecular weight is 207 g/mol. The molecule has 0 atom stereocenters. The molecule has 1 heterocycles. The maximum Gasteiger partial charge on any atom is 0.142 e. The summed E-state index contributed by atoms with van der Waals surface area (Å²) in [5.74, 6) is 0.621. The van der Waals surface area contributed by atoms with Gasteiger partial charge in [-0.25, -0.2) is 0 Å². The van der Waals surface area contributed by atoms with Crippen LogP contribution < -0.4 is 0 Å². The molecule has 0 N–H and O–H groups in total. The molecule has 1 saturated carbocycles. The van der Waals surface area contributed by atoms with Gasteiger partial charge < -0.3 is 0 Å². The molecule has 1 aliphatic carbocycles. The van der Waals surface area contributed by atoms with Crippen LogP contribution in [0, 0.1) is 5.92 Å². The van der Waals surface area contributed by atoms with Crippen molar-refractivity contribution in [3.8, 4) is 0 Å². The second-order valence-corrected chi connectivity index (χ2v) is 4.30. The van der Waals surface area contributed by atoms with Crippen molar-refractivity contribution in [1.29, 1.82) is 0 Å². The van der Waals surface area contributed by atoms with Gasteiger partial charge in [-0.15, -0.1) is 0 Å². The van der Waals surface area contributed by atoms with E-state index in [1.165, 1.54) is 24.1 Å². The van der Waals surface area contributed by atoms with E-state index in [0.29, 0.717) is 12.2 Å². The molecule has 0 bridgehead atoms. The van der Waals surface area contributed by atoms with Gasteiger partial charge in [-0.05, 0) is 12.8 Å². The Kier molecular flexibility index (Phi) is 3.14. The first kappa shape index (κ1) is 10.3. The Balaban J connectivity index is 1.91. The zero-order valence-electron chi connectivity index (χ0n) is 9.15. The van der Waals surface area contributed by atoms with Gasteiger partial charge in [0.2, 0.25) is 0 Å². The van der Waals surface area contributed by atoms with E-state index in [1.54, 1.807) is 13.2 Å². The summed E-state index contributed by atoms with van der Waals surface area (Å²) in [4.78, 5) is 13.4. The number of aromatic nitrogens is 3. The van der Waals surface area contributed by atoms with Crippen LogP contribution >= 0.6 is 0 Å². The van der Waals surface area contributed by atoms with Crippen molar-refractivity contribution in [2.24, 2.45) is 13.0 Å². The highest BCUT2D eigenvalue weighted by Gasteiger charge is 2.21. The van der Waals surface area contributed by atoms with Gasteiger partial charge in [0, 0.05) is 13.0 Å². The third-order valence-corrected chi connectivity index (χ3v) is 3.06. The van der Waals surface area contributed by atoms with Crippen LogP contribution in [0.3, 0.4) is 0 Å². The van der Waals surface area contributed by atoms with Crippen LogP contribution in [0.2, 0.25) is 0 Å². The molecule has 15 heavy (non-hydrogen) atoms. The molecule has 82 valence electrons. The molecule has 2 rings (SSSR count). The lowest BCUT2D eigenvalue weighted by Crippen LogP contribution is -2.19. The molecule has 0 saturated heterocycles. The van der Waals surface area contributed by atoms with Crippen LogP contribution in [0.5, 0.6) is 0 Å². The predicted octanol–water partition coefficient (Wildman–Crippen LogP) is 1.51. The SMILES string of the molecule is Cn1ncc(CC(=O)C2CCCCC2)n1. The first-order valence-electron chi connectivity index (χ1n) is 5.63. The second kappa shape index (κ2) is 4.55. The monoisotopic (exact) mass is 207 g/mol. The Bertz CT molecular complexity index is 339. The number of aryl methyl sites for hydroxylation is 1. The predicted molar refractivity (Wildman–Crippen MR) is 56.3 cm³/mol. The van der Waals surface area contributed by atoms with E-state index < -0.39 is 0 Å². The largest absolute Gasteiger partial charge is 0.299 e. The van der Waals surface area contributed by atoms with Gasteiger partial charge in [0.05, 0.1) is 18.3 Å². The summed E-state index contributed by atoms with van der Waals surface area (Å²) in [7, 11) is 1.77. The Morgan fingerprint density at radius 2 is 2.20 bits per heavy atom. The first-order chi connectivity index (χ1) is 7.25. The van der Waals surface area contributed by atoms with Gasteiger partial charge in [-0.1, -0.05) is 19.3 Å². The molecule has 1 aliphatic rings. The van der Waals surface area contributed by atoms with Gasteiger partial charge in [-0.3, -0.25) is 4.79 Å². The highest BCUT2D eigenvalue weighted by Crippen LogP contribution is 2.25. The summed E-state index contributed by atoms with van der Waals surface area (Å²) < 4.78 is 0. The third kappa shape index (κ3) is 2.64. The highest BCUT2D eigenvalue weighted by atomic mass is 16.1. The fourth-order valence-corrected chi connectivity index (χ4v) is 2.22. The van der Waals surface area contributed by atoms with Crippen molar-refractivity contribution in [2.75, 3.05) is 0 Å². The van der Waals surface area contributed by atoms with Gasteiger partial charge in [-0.2, -0.15) is 15.0 Å². The molecule has 1 aromatic heterocycles. The number of rotatable bonds is 3. The topological polar surface area (TPSA) is 47.8 Å². The number of hydrogen-bond acceptors (Lipinski definition) is 3. The summed E-state index contributed by atoms with van der Waals surface area (Å²) in [6.45, 7) is 0. The number of nitrogens with zero attached hydrogens (tertiary/aromatic N) is 3. The van der Waals surface area contributed by atoms with Crippen molar-refractivity contribution in [3.05, 3.63) is 11.9 Å². The van der Waals surface area contributed by atoms with Crippen molar-refractivity contribution < 1.29 is 4.79 Å². The van der Waals surface area contributed by atoms with E-state index >= 15 is 0 Å². The van der Waals surface area contributed by atoms with Crippen molar-refractivity contribution >= 4 is 5.78 Å². The molecule has 0 amide bonds. The maximum atomic E-state index is 11.9. The lowest BCUT2D eigenvalue weighted by Gasteiger charge is -2.19. The molecule has 4 nitrogen and oxygen atoms in total. The van der Waals surface area contributed by atoms with Crippen molar-refractivity contribution in [2.45, 2.75) is 38.5 Å². The van der Waals surface area contributed by atoms with E-state index in [9.17, 15) is 4.79 Å². The normalized spacial score (nSPS) is 17.9. The smallest absolute Gasteiger partial charge is 0.142 e. The van der Waals surface area contributed by atoms with Crippen LogP contribution in [0.25, 0.3) is 0 Å². The first-order valence-corrected chi connectivity index (χ1v) is 5.63. The summed E-state index contributed by atoms with van der Waals surface area (Å²) in [6, 6.07) is 0. The Labute approximate surface area is 89.7 Å². The highest BCUT2D eigenvalue weighted by molar-refractivity contribution is 5.82. The van der Waals surface area contributed by atoms with Crippen LogP contribution in [0.15, 0.2) is 6.20 Å². The summed E-state index contributed by atoms with van der Waals surface area (Å²) in [6.07, 6.45) is 7.97. The molecular formula is C11H17N3O.